The van der Waals surface area contributed by atoms with E-state index < -0.39 is 0 Å². The molecule has 0 saturated carbocycles. The molecule has 0 spiro atoms. The van der Waals surface area contributed by atoms with Gasteiger partial charge in [0.1, 0.15) is 30.2 Å². The molecular weight excluding hydrogens is 320 g/mol. The number of oxime groups is 1. The third-order valence-corrected chi connectivity index (χ3v) is 4.70. The number of aliphatic imine (C=N–C) groups is 1. The summed E-state index contributed by atoms with van der Waals surface area (Å²) < 4.78 is 6.01. The highest BCUT2D eigenvalue weighted by Gasteiger charge is 2.20. The molecule has 1 aliphatic heterocycles. The van der Waals surface area contributed by atoms with Crippen LogP contribution >= 0.6 is 11.8 Å². The van der Waals surface area contributed by atoms with Crippen LogP contribution < -0.4 is 4.74 Å². The van der Waals surface area contributed by atoms with Crippen molar-refractivity contribution in [2.24, 2.45) is 10.1 Å². The lowest BCUT2D eigenvalue weighted by molar-refractivity contribution is 0.214. The molecular formula is C19H20N2O2S. The van der Waals surface area contributed by atoms with Crippen LogP contribution in [-0.4, -0.2) is 30.2 Å². The number of ether oxygens (including phenoxy) is 1. The van der Waals surface area contributed by atoms with Gasteiger partial charge < -0.3 is 9.57 Å². The average molecular weight is 340 g/mol. The highest BCUT2D eigenvalue weighted by Crippen LogP contribution is 2.22. The molecule has 0 aliphatic carbocycles. The maximum absolute atomic E-state index is 6.01. The zero-order chi connectivity index (χ0) is 16.8. The van der Waals surface area contributed by atoms with Crippen LogP contribution in [0.3, 0.4) is 0 Å². The van der Waals surface area contributed by atoms with E-state index in [9.17, 15) is 0 Å². The normalized spacial score (nSPS) is 14.4. The number of nitrogens with zero attached hydrogens (tertiary/aromatic N) is 2. The minimum absolute atomic E-state index is 0.474. The number of aryl methyl sites for hydroxylation is 1. The minimum atomic E-state index is 0.474. The standard InChI is InChI=1S/C19H20N2O2S/c1-14-7-3-6-10-17(14)23-13-15-8-4-5-9-16(15)18(21-22-2)19-20-11-12-24-19/h3-10H,11-13H2,1-2H3/b21-18+. The number of para-hydroxylation sites is 1. The molecule has 0 fully saturated rings. The number of hydrogen-bond donors (Lipinski definition) is 0. The van der Waals surface area contributed by atoms with Crippen molar-refractivity contribution < 1.29 is 9.57 Å². The first kappa shape index (κ1) is 16.6. The fourth-order valence-electron chi connectivity index (χ4n) is 2.52. The maximum Gasteiger partial charge on any atom is 0.142 e. The Labute approximate surface area is 146 Å². The molecule has 3 rings (SSSR count). The molecule has 0 unspecified atom stereocenters. The number of hydrogen-bond acceptors (Lipinski definition) is 5. The molecule has 5 heteroatoms. The molecule has 1 heterocycles. The van der Waals surface area contributed by atoms with Gasteiger partial charge in [-0.1, -0.05) is 47.6 Å². The number of benzene rings is 2. The van der Waals surface area contributed by atoms with Gasteiger partial charge in [-0.25, -0.2) is 0 Å². The van der Waals surface area contributed by atoms with E-state index in [1.165, 1.54) is 0 Å². The molecule has 0 atom stereocenters. The second-order valence-corrected chi connectivity index (χ2v) is 6.45. The second-order valence-electron chi connectivity index (χ2n) is 5.37. The van der Waals surface area contributed by atoms with E-state index in [0.29, 0.717) is 6.61 Å². The van der Waals surface area contributed by atoms with E-state index in [0.717, 1.165) is 45.5 Å². The minimum Gasteiger partial charge on any atom is -0.489 e. The summed E-state index contributed by atoms with van der Waals surface area (Å²) in [5.74, 6) is 1.88. The molecule has 1 aliphatic rings. The smallest absolute Gasteiger partial charge is 0.142 e. The topological polar surface area (TPSA) is 43.2 Å². The van der Waals surface area contributed by atoms with Gasteiger partial charge in [0.25, 0.3) is 0 Å². The summed E-state index contributed by atoms with van der Waals surface area (Å²) in [5.41, 5.74) is 3.97. The third kappa shape index (κ3) is 3.79. The number of thioether (sulfide) groups is 1. The van der Waals surface area contributed by atoms with Crippen LogP contribution in [0.25, 0.3) is 0 Å². The van der Waals surface area contributed by atoms with Crippen molar-refractivity contribution in [1.82, 2.24) is 0 Å². The van der Waals surface area contributed by atoms with Crippen LogP contribution in [0, 0.1) is 6.92 Å². The Kier molecular flexibility index (Phi) is 5.54. The van der Waals surface area contributed by atoms with Crippen molar-refractivity contribution in [3.63, 3.8) is 0 Å². The van der Waals surface area contributed by atoms with E-state index in [4.69, 9.17) is 9.57 Å². The lowest BCUT2D eigenvalue weighted by Gasteiger charge is -2.13. The van der Waals surface area contributed by atoms with Gasteiger partial charge in [0.05, 0.1) is 0 Å². The van der Waals surface area contributed by atoms with Crippen LogP contribution in [0.4, 0.5) is 0 Å². The Morgan fingerprint density at radius 1 is 1.17 bits per heavy atom. The molecule has 0 N–H and O–H groups in total. The fourth-order valence-corrected chi connectivity index (χ4v) is 3.37. The zero-order valence-corrected chi connectivity index (χ0v) is 14.7. The summed E-state index contributed by atoms with van der Waals surface area (Å²) in [5, 5.41) is 5.15. The summed E-state index contributed by atoms with van der Waals surface area (Å²) in [6, 6.07) is 16.1. The van der Waals surface area contributed by atoms with Crippen LogP contribution in [0.5, 0.6) is 5.75 Å². The van der Waals surface area contributed by atoms with Crippen molar-refractivity contribution in [2.75, 3.05) is 19.4 Å². The molecule has 0 saturated heterocycles. The van der Waals surface area contributed by atoms with Gasteiger partial charge in [-0.3, -0.25) is 4.99 Å². The summed E-state index contributed by atoms with van der Waals surface area (Å²) >= 11 is 1.71. The highest BCUT2D eigenvalue weighted by atomic mass is 32.2. The lowest BCUT2D eigenvalue weighted by atomic mass is 10.0. The lowest BCUT2D eigenvalue weighted by Crippen LogP contribution is -2.15. The molecule has 0 radical (unpaired) electrons. The van der Waals surface area contributed by atoms with Crippen molar-refractivity contribution in [2.45, 2.75) is 13.5 Å². The van der Waals surface area contributed by atoms with Crippen molar-refractivity contribution >= 4 is 22.5 Å². The summed E-state index contributed by atoms with van der Waals surface area (Å²) in [4.78, 5) is 9.59. The molecule has 0 amide bonds. The Bertz CT molecular complexity index is 771. The molecule has 2 aromatic rings. The van der Waals surface area contributed by atoms with Gasteiger partial charge in [0.2, 0.25) is 0 Å². The summed E-state index contributed by atoms with van der Waals surface area (Å²) in [6.07, 6.45) is 0. The largest absolute Gasteiger partial charge is 0.489 e. The monoisotopic (exact) mass is 340 g/mol. The van der Waals surface area contributed by atoms with Gasteiger partial charge in [0.15, 0.2) is 0 Å². The van der Waals surface area contributed by atoms with Crippen LogP contribution in [0.1, 0.15) is 16.7 Å². The second kappa shape index (κ2) is 8.02. The Morgan fingerprint density at radius 3 is 2.71 bits per heavy atom. The SMILES string of the molecule is CO/N=C(/C1=NCCS1)c1ccccc1COc1ccccc1C. The predicted molar refractivity (Wildman–Crippen MR) is 100 cm³/mol. The first-order valence-electron chi connectivity index (χ1n) is 7.85. The van der Waals surface area contributed by atoms with E-state index in [-0.39, 0.29) is 0 Å². The van der Waals surface area contributed by atoms with E-state index in [1.807, 2.05) is 49.4 Å². The van der Waals surface area contributed by atoms with Crippen LogP contribution in [-0.2, 0) is 11.4 Å². The quantitative estimate of drug-likeness (QED) is 0.588. The van der Waals surface area contributed by atoms with Crippen molar-refractivity contribution in [3.05, 3.63) is 65.2 Å². The molecule has 24 heavy (non-hydrogen) atoms. The van der Waals surface area contributed by atoms with Gasteiger partial charge >= 0.3 is 0 Å². The van der Waals surface area contributed by atoms with E-state index in [2.05, 4.69) is 16.2 Å². The predicted octanol–water partition coefficient (Wildman–Crippen LogP) is 4.07. The van der Waals surface area contributed by atoms with Crippen molar-refractivity contribution in [1.29, 1.82) is 0 Å². The Hall–Kier alpha value is -2.27. The van der Waals surface area contributed by atoms with Gasteiger partial charge in [-0.05, 0) is 24.1 Å². The highest BCUT2D eigenvalue weighted by molar-refractivity contribution is 8.16. The summed E-state index contributed by atoms with van der Waals surface area (Å²) in [6.45, 7) is 3.34. The van der Waals surface area contributed by atoms with Gasteiger partial charge in [-0.15, -0.1) is 11.8 Å². The first-order valence-corrected chi connectivity index (χ1v) is 8.83. The molecule has 124 valence electrons. The third-order valence-electron chi connectivity index (χ3n) is 3.72. The van der Waals surface area contributed by atoms with E-state index >= 15 is 0 Å². The fraction of sp³-hybridized carbons (Fsp3) is 0.263. The Balaban J connectivity index is 1.87. The van der Waals surface area contributed by atoms with Crippen LogP contribution in [0.15, 0.2) is 58.7 Å². The van der Waals surface area contributed by atoms with Gasteiger partial charge in [0, 0.05) is 17.9 Å². The molecule has 2 aromatic carbocycles. The summed E-state index contributed by atoms with van der Waals surface area (Å²) in [7, 11) is 1.56. The number of rotatable bonds is 6. The zero-order valence-electron chi connectivity index (χ0n) is 13.9. The first-order chi connectivity index (χ1) is 11.8. The average Bonchev–Trinajstić information content (AvgIpc) is 3.14. The Morgan fingerprint density at radius 2 is 1.96 bits per heavy atom. The molecule has 0 aromatic heterocycles. The van der Waals surface area contributed by atoms with Crippen molar-refractivity contribution in [3.8, 4) is 5.75 Å². The van der Waals surface area contributed by atoms with Gasteiger partial charge in [-0.2, -0.15) is 0 Å². The maximum atomic E-state index is 6.01. The molecule has 0 bridgehead atoms. The molecule has 4 nitrogen and oxygen atoms in total. The van der Waals surface area contributed by atoms with Crippen LogP contribution in [0.2, 0.25) is 0 Å². The van der Waals surface area contributed by atoms with E-state index in [1.54, 1.807) is 18.9 Å².